The Bertz CT molecular complexity index is 530. The minimum absolute atomic E-state index is 0.103. The predicted molar refractivity (Wildman–Crippen MR) is 82.5 cm³/mol. The summed E-state index contributed by atoms with van der Waals surface area (Å²) in [4.78, 5) is 28.2. The highest BCUT2D eigenvalue weighted by molar-refractivity contribution is 5.98. The Morgan fingerprint density at radius 1 is 1.38 bits per heavy atom. The molecule has 1 fully saturated rings. The quantitative estimate of drug-likeness (QED) is 0.817. The van der Waals surface area contributed by atoms with E-state index in [4.69, 9.17) is 0 Å². The largest absolute Gasteiger partial charge is 0.378 e. The lowest BCUT2D eigenvalue weighted by atomic mass is 10.1. The number of carbonyl (C=O) groups is 2. The van der Waals surface area contributed by atoms with Crippen molar-refractivity contribution in [3.63, 3.8) is 0 Å². The van der Waals surface area contributed by atoms with Crippen molar-refractivity contribution in [2.75, 3.05) is 45.7 Å². The molecule has 1 aliphatic heterocycles. The van der Waals surface area contributed by atoms with E-state index in [0.717, 1.165) is 5.69 Å². The van der Waals surface area contributed by atoms with Crippen LogP contribution in [0.2, 0.25) is 0 Å². The average Bonchev–Trinajstić information content (AvgIpc) is 2.53. The molecule has 114 valence electrons. The molecular weight excluding hydrogens is 268 g/mol. The van der Waals surface area contributed by atoms with Crippen molar-refractivity contribution in [2.24, 2.45) is 0 Å². The zero-order valence-corrected chi connectivity index (χ0v) is 12.7. The first kappa shape index (κ1) is 15.3. The van der Waals surface area contributed by atoms with Crippen molar-refractivity contribution in [3.8, 4) is 0 Å². The average molecular weight is 290 g/mol. The summed E-state index contributed by atoms with van der Waals surface area (Å²) >= 11 is 0. The van der Waals surface area contributed by atoms with Crippen LogP contribution in [0.5, 0.6) is 0 Å². The Balaban J connectivity index is 2.24. The lowest BCUT2D eigenvalue weighted by Crippen LogP contribution is -2.59. The van der Waals surface area contributed by atoms with E-state index in [1.807, 2.05) is 37.2 Å². The molecule has 1 atom stereocenters. The SMILES string of the molecule is CNC(=O)[C@@H]1CNCCN1C(=O)c1cccc(N(C)C)c1. The molecule has 6 nitrogen and oxygen atoms in total. The Morgan fingerprint density at radius 3 is 2.81 bits per heavy atom. The fourth-order valence-electron chi connectivity index (χ4n) is 2.43. The second-order valence-electron chi connectivity index (χ2n) is 5.28. The molecule has 0 saturated carbocycles. The molecule has 1 aliphatic rings. The molecule has 1 aromatic carbocycles. The number of benzene rings is 1. The van der Waals surface area contributed by atoms with Crippen molar-refractivity contribution in [1.82, 2.24) is 15.5 Å². The Labute approximate surface area is 125 Å². The molecule has 0 aromatic heterocycles. The molecular formula is C15H22N4O2. The van der Waals surface area contributed by atoms with E-state index in [1.54, 1.807) is 18.0 Å². The lowest BCUT2D eigenvalue weighted by molar-refractivity contribution is -0.125. The number of hydrogen-bond acceptors (Lipinski definition) is 4. The predicted octanol–water partition coefficient (Wildman–Crippen LogP) is -0.0874. The van der Waals surface area contributed by atoms with Gasteiger partial charge in [0.1, 0.15) is 6.04 Å². The molecule has 2 amide bonds. The molecule has 1 aromatic rings. The standard InChI is InChI=1S/C15H22N4O2/c1-16-14(20)13-10-17-7-8-19(13)15(21)11-5-4-6-12(9-11)18(2)3/h4-6,9,13,17H,7-8,10H2,1-3H3,(H,16,20)/t13-/m0/s1. The molecule has 2 N–H and O–H groups in total. The van der Waals surface area contributed by atoms with Crippen LogP contribution in [0.25, 0.3) is 0 Å². The third kappa shape index (κ3) is 3.33. The van der Waals surface area contributed by atoms with Crippen molar-refractivity contribution >= 4 is 17.5 Å². The Hall–Kier alpha value is -2.08. The minimum Gasteiger partial charge on any atom is -0.378 e. The number of rotatable bonds is 3. The van der Waals surface area contributed by atoms with Crippen LogP contribution < -0.4 is 15.5 Å². The van der Waals surface area contributed by atoms with Crippen LogP contribution in [0.4, 0.5) is 5.69 Å². The highest BCUT2D eigenvalue weighted by Gasteiger charge is 2.32. The summed E-state index contributed by atoms with van der Waals surface area (Å²) in [5.41, 5.74) is 1.57. The van der Waals surface area contributed by atoms with Gasteiger partial charge in [0.25, 0.3) is 5.91 Å². The van der Waals surface area contributed by atoms with Gasteiger partial charge in [-0.25, -0.2) is 0 Å². The first-order valence-electron chi connectivity index (χ1n) is 7.05. The van der Waals surface area contributed by atoms with E-state index >= 15 is 0 Å². The molecule has 21 heavy (non-hydrogen) atoms. The molecule has 0 spiro atoms. The second-order valence-corrected chi connectivity index (χ2v) is 5.28. The number of nitrogens with one attached hydrogen (secondary N) is 2. The van der Waals surface area contributed by atoms with Gasteiger partial charge in [-0.1, -0.05) is 6.07 Å². The van der Waals surface area contributed by atoms with Crippen LogP contribution in [0.15, 0.2) is 24.3 Å². The fourth-order valence-corrected chi connectivity index (χ4v) is 2.43. The van der Waals surface area contributed by atoms with Gasteiger partial charge in [0.05, 0.1) is 0 Å². The van der Waals surface area contributed by atoms with Gasteiger partial charge in [-0.05, 0) is 18.2 Å². The van der Waals surface area contributed by atoms with Crippen LogP contribution in [0.3, 0.4) is 0 Å². The maximum absolute atomic E-state index is 12.7. The summed E-state index contributed by atoms with van der Waals surface area (Å²) < 4.78 is 0. The van der Waals surface area contributed by atoms with E-state index in [0.29, 0.717) is 25.2 Å². The minimum atomic E-state index is -0.459. The van der Waals surface area contributed by atoms with Gasteiger partial charge in [0.2, 0.25) is 5.91 Å². The van der Waals surface area contributed by atoms with Gasteiger partial charge >= 0.3 is 0 Å². The normalized spacial score (nSPS) is 18.2. The summed E-state index contributed by atoms with van der Waals surface area (Å²) in [6.45, 7) is 1.72. The molecule has 2 rings (SSSR count). The Morgan fingerprint density at radius 2 is 2.14 bits per heavy atom. The summed E-state index contributed by atoms with van der Waals surface area (Å²) in [6, 6.07) is 6.99. The molecule has 6 heteroatoms. The van der Waals surface area contributed by atoms with Crippen LogP contribution in [0, 0.1) is 0 Å². The van der Waals surface area contributed by atoms with E-state index in [2.05, 4.69) is 10.6 Å². The molecule has 0 bridgehead atoms. The highest BCUT2D eigenvalue weighted by Crippen LogP contribution is 2.17. The first-order valence-corrected chi connectivity index (χ1v) is 7.05. The van der Waals surface area contributed by atoms with Crippen LogP contribution in [0.1, 0.15) is 10.4 Å². The lowest BCUT2D eigenvalue weighted by Gasteiger charge is -2.35. The van der Waals surface area contributed by atoms with Gasteiger partial charge in [0, 0.05) is 52.0 Å². The summed E-state index contributed by atoms with van der Waals surface area (Å²) in [5, 5.41) is 5.77. The monoisotopic (exact) mass is 290 g/mol. The summed E-state index contributed by atoms with van der Waals surface area (Å²) in [7, 11) is 5.45. The smallest absolute Gasteiger partial charge is 0.254 e. The number of likely N-dealkylation sites (N-methyl/N-ethyl adjacent to an activating group) is 1. The summed E-state index contributed by atoms with van der Waals surface area (Å²) in [6.07, 6.45) is 0. The van der Waals surface area contributed by atoms with E-state index in [-0.39, 0.29) is 11.8 Å². The van der Waals surface area contributed by atoms with Gasteiger partial charge in [-0.3, -0.25) is 9.59 Å². The molecule has 0 unspecified atom stereocenters. The third-order valence-electron chi connectivity index (χ3n) is 3.66. The van der Waals surface area contributed by atoms with Crippen molar-refractivity contribution in [1.29, 1.82) is 0 Å². The third-order valence-corrected chi connectivity index (χ3v) is 3.66. The number of hydrogen-bond donors (Lipinski definition) is 2. The fraction of sp³-hybridized carbons (Fsp3) is 0.467. The van der Waals surface area contributed by atoms with E-state index < -0.39 is 6.04 Å². The first-order chi connectivity index (χ1) is 10.0. The second kappa shape index (κ2) is 6.58. The number of carbonyl (C=O) groups excluding carboxylic acids is 2. The van der Waals surface area contributed by atoms with Crippen molar-refractivity contribution in [3.05, 3.63) is 29.8 Å². The zero-order valence-electron chi connectivity index (χ0n) is 12.7. The van der Waals surface area contributed by atoms with Crippen molar-refractivity contribution < 1.29 is 9.59 Å². The molecule has 0 radical (unpaired) electrons. The van der Waals surface area contributed by atoms with Crippen molar-refractivity contribution in [2.45, 2.75) is 6.04 Å². The molecule has 1 saturated heterocycles. The van der Waals surface area contributed by atoms with Gasteiger partial charge in [-0.2, -0.15) is 0 Å². The zero-order chi connectivity index (χ0) is 15.4. The Kier molecular flexibility index (Phi) is 4.80. The maximum Gasteiger partial charge on any atom is 0.254 e. The topological polar surface area (TPSA) is 64.7 Å². The van der Waals surface area contributed by atoms with Crippen LogP contribution in [-0.4, -0.2) is 63.5 Å². The van der Waals surface area contributed by atoms with Gasteiger partial charge in [0.15, 0.2) is 0 Å². The van der Waals surface area contributed by atoms with E-state index in [9.17, 15) is 9.59 Å². The van der Waals surface area contributed by atoms with Gasteiger partial charge < -0.3 is 20.4 Å². The van der Waals surface area contributed by atoms with Crippen LogP contribution >= 0.6 is 0 Å². The molecule has 0 aliphatic carbocycles. The highest BCUT2D eigenvalue weighted by atomic mass is 16.2. The van der Waals surface area contributed by atoms with Gasteiger partial charge in [-0.15, -0.1) is 0 Å². The number of piperazine rings is 1. The van der Waals surface area contributed by atoms with E-state index in [1.165, 1.54) is 0 Å². The van der Waals surface area contributed by atoms with Crippen LogP contribution in [-0.2, 0) is 4.79 Å². The number of nitrogens with zero attached hydrogens (tertiary/aromatic N) is 2. The molecule has 1 heterocycles. The summed E-state index contributed by atoms with van der Waals surface area (Å²) in [5.74, 6) is -0.242. The maximum atomic E-state index is 12.7. The number of anilines is 1. The number of amides is 2.